The van der Waals surface area contributed by atoms with Crippen molar-refractivity contribution in [2.45, 2.75) is 56.7 Å². The molecule has 3 atom stereocenters. The number of nitrogens with zero attached hydrogens (tertiary/aromatic N) is 3. The minimum Gasteiger partial charge on any atom is -0.377 e. The molecule has 2 fully saturated rings. The number of urea groups is 1. The molecule has 2 aliphatic rings. The van der Waals surface area contributed by atoms with Crippen LogP contribution in [-0.2, 0) is 25.1 Å². The summed E-state index contributed by atoms with van der Waals surface area (Å²) in [5, 5.41) is 5.73. The van der Waals surface area contributed by atoms with Crippen LogP contribution in [0.5, 0.6) is 0 Å². The summed E-state index contributed by atoms with van der Waals surface area (Å²) in [6.45, 7) is 2.34. The van der Waals surface area contributed by atoms with Crippen molar-refractivity contribution in [2.24, 2.45) is 5.92 Å². The molecule has 2 aromatic heterocycles. The molecule has 11 nitrogen and oxygen atoms in total. The molecule has 1 aliphatic heterocycles. The molecule has 3 heterocycles. The van der Waals surface area contributed by atoms with Gasteiger partial charge in [-0.3, -0.25) is 15.1 Å². The van der Waals surface area contributed by atoms with Crippen molar-refractivity contribution in [1.82, 2.24) is 19.6 Å². The Kier molecular flexibility index (Phi) is 10.0. The Labute approximate surface area is 267 Å². The Hall–Kier alpha value is -3.65. The standard InChI is InChI=1S/C31H36ClFN6O5S/c1-3-44-24-17-27(39(19-24)30(41)37-28-9-7-23(32)18-35-28)29(40)36-26-16-22(6-8-25(26)33)31(38-45(2,42)43,13-10-20-4-5-20)21-11-14-34-15-12-21/h6-9,11-12,14-16,18,20,24,27,38H,3-5,10,13,17,19H2,1-2H3,(H,36,40)(H,35,37,41)/t24-,27-,31?/m1/s1. The molecule has 3 N–H and O–H groups in total. The van der Waals surface area contributed by atoms with Crippen molar-refractivity contribution >= 4 is 45.1 Å². The number of hydrogen-bond acceptors (Lipinski definition) is 7. The van der Waals surface area contributed by atoms with Crippen LogP contribution in [0.15, 0.2) is 61.1 Å². The van der Waals surface area contributed by atoms with Gasteiger partial charge in [0.1, 0.15) is 17.7 Å². The lowest BCUT2D eigenvalue weighted by molar-refractivity contribution is -0.119. The Balaban J connectivity index is 1.45. The maximum atomic E-state index is 15.3. The minimum atomic E-state index is -3.75. The molecule has 1 unspecified atom stereocenters. The van der Waals surface area contributed by atoms with Gasteiger partial charge in [-0.15, -0.1) is 0 Å². The highest BCUT2D eigenvalue weighted by Gasteiger charge is 2.42. The number of carbonyl (C=O) groups is 2. The number of ether oxygens (including phenoxy) is 1. The zero-order valence-electron chi connectivity index (χ0n) is 25.0. The van der Waals surface area contributed by atoms with E-state index in [-0.39, 0.29) is 24.5 Å². The topological polar surface area (TPSA) is 143 Å². The van der Waals surface area contributed by atoms with Gasteiger partial charge in [0, 0.05) is 38.2 Å². The molecular formula is C31H36ClFN6O5S. The molecule has 240 valence electrons. The Morgan fingerprint density at radius 1 is 1.11 bits per heavy atom. The number of amides is 3. The van der Waals surface area contributed by atoms with E-state index in [1.165, 1.54) is 35.4 Å². The second-order valence-corrected chi connectivity index (χ2v) is 13.6. The quantitative estimate of drug-likeness (QED) is 0.251. The van der Waals surface area contributed by atoms with E-state index in [9.17, 15) is 18.0 Å². The summed E-state index contributed by atoms with van der Waals surface area (Å²) >= 11 is 5.90. The van der Waals surface area contributed by atoms with Crippen molar-refractivity contribution in [1.29, 1.82) is 0 Å². The van der Waals surface area contributed by atoms with E-state index < -0.39 is 45.5 Å². The second-order valence-electron chi connectivity index (χ2n) is 11.5. The van der Waals surface area contributed by atoms with Gasteiger partial charge in [0.25, 0.3) is 0 Å². The highest BCUT2D eigenvalue weighted by Crippen LogP contribution is 2.42. The third-order valence-corrected chi connectivity index (χ3v) is 9.01. The average molecular weight is 659 g/mol. The Bertz CT molecular complexity index is 1630. The molecule has 1 aliphatic carbocycles. The number of anilines is 2. The summed E-state index contributed by atoms with van der Waals surface area (Å²) in [6.07, 6.45) is 8.70. The molecule has 0 bridgehead atoms. The maximum Gasteiger partial charge on any atom is 0.323 e. The Morgan fingerprint density at radius 3 is 2.51 bits per heavy atom. The summed E-state index contributed by atoms with van der Waals surface area (Å²) < 4.78 is 49.4. The number of nitrogens with one attached hydrogen (secondary N) is 3. The monoisotopic (exact) mass is 658 g/mol. The minimum absolute atomic E-state index is 0.137. The largest absolute Gasteiger partial charge is 0.377 e. The zero-order chi connectivity index (χ0) is 32.2. The highest BCUT2D eigenvalue weighted by atomic mass is 35.5. The van der Waals surface area contributed by atoms with Crippen molar-refractivity contribution in [2.75, 3.05) is 30.0 Å². The van der Waals surface area contributed by atoms with E-state index in [1.807, 2.05) is 6.92 Å². The lowest BCUT2D eigenvalue weighted by atomic mass is 9.79. The maximum absolute atomic E-state index is 15.3. The number of carbonyl (C=O) groups excluding carboxylic acids is 2. The van der Waals surface area contributed by atoms with Gasteiger partial charge in [0.15, 0.2) is 0 Å². The van der Waals surface area contributed by atoms with Gasteiger partial charge < -0.3 is 15.0 Å². The fourth-order valence-electron chi connectivity index (χ4n) is 5.76. The summed E-state index contributed by atoms with van der Waals surface area (Å²) in [7, 11) is -3.75. The van der Waals surface area contributed by atoms with Crippen LogP contribution < -0.4 is 15.4 Å². The summed E-state index contributed by atoms with van der Waals surface area (Å²) in [5.41, 5.74) is -0.283. The van der Waals surface area contributed by atoms with E-state index in [2.05, 4.69) is 25.3 Å². The van der Waals surface area contributed by atoms with E-state index in [0.717, 1.165) is 25.5 Å². The number of likely N-dealkylation sites (tertiary alicyclic amines) is 1. The summed E-state index contributed by atoms with van der Waals surface area (Å²) in [4.78, 5) is 36.5. The molecule has 45 heavy (non-hydrogen) atoms. The highest BCUT2D eigenvalue weighted by molar-refractivity contribution is 7.88. The third kappa shape index (κ3) is 8.15. The molecular weight excluding hydrogens is 623 g/mol. The number of hydrogen-bond donors (Lipinski definition) is 3. The fourth-order valence-corrected chi connectivity index (χ4v) is 6.85. The van der Waals surface area contributed by atoms with Crippen LogP contribution in [0.1, 0.15) is 50.2 Å². The molecule has 1 saturated carbocycles. The second kappa shape index (κ2) is 13.8. The van der Waals surface area contributed by atoms with Gasteiger partial charge in [-0.2, -0.15) is 0 Å². The molecule has 1 aromatic carbocycles. The third-order valence-electron chi connectivity index (χ3n) is 8.07. The lowest BCUT2D eigenvalue weighted by Gasteiger charge is -2.36. The normalized spacial score (nSPS) is 19.6. The smallest absolute Gasteiger partial charge is 0.323 e. The molecule has 5 rings (SSSR count). The van der Waals surface area contributed by atoms with Crippen molar-refractivity contribution in [3.05, 3.63) is 83.0 Å². The number of rotatable bonds is 12. The van der Waals surface area contributed by atoms with Crippen LogP contribution in [0.4, 0.5) is 20.7 Å². The molecule has 3 aromatic rings. The lowest BCUT2D eigenvalue weighted by Crippen LogP contribution is -2.47. The zero-order valence-corrected chi connectivity index (χ0v) is 26.6. The number of sulfonamides is 1. The fraction of sp³-hybridized carbons (Fsp3) is 0.419. The van der Waals surface area contributed by atoms with Crippen LogP contribution in [-0.4, -0.2) is 66.8 Å². The van der Waals surface area contributed by atoms with E-state index in [1.54, 1.807) is 30.6 Å². The first kappa shape index (κ1) is 32.7. The van der Waals surface area contributed by atoms with E-state index in [0.29, 0.717) is 35.1 Å². The molecule has 0 radical (unpaired) electrons. The van der Waals surface area contributed by atoms with Gasteiger partial charge in [0.05, 0.1) is 28.6 Å². The van der Waals surface area contributed by atoms with Gasteiger partial charge in [-0.05, 0) is 73.2 Å². The van der Waals surface area contributed by atoms with Crippen LogP contribution in [0.2, 0.25) is 5.02 Å². The van der Waals surface area contributed by atoms with Crippen LogP contribution in [0.25, 0.3) is 0 Å². The SMILES string of the molecule is CCO[C@@H]1C[C@H](C(=O)Nc2cc(C(CCC3CC3)(NS(C)(=O)=O)c3ccncc3)ccc2F)N(C(=O)Nc2ccc(Cl)cn2)C1. The molecule has 1 saturated heterocycles. The van der Waals surface area contributed by atoms with Crippen molar-refractivity contribution in [3.8, 4) is 0 Å². The number of benzene rings is 1. The van der Waals surface area contributed by atoms with Crippen LogP contribution in [0, 0.1) is 11.7 Å². The first-order valence-corrected chi connectivity index (χ1v) is 17.1. The van der Waals surface area contributed by atoms with Gasteiger partial charge in [0.2, 0.25) is 15.9 Å². The van der Waals surface area contributed by atoms with Gasteiger partial charge in [-0.25, -0.2) is 27.3 Å². The van der Waals surface area contributed by atoms with Gasteiger partial charge >= 0.3 is 6.03 Å². The van der Waals surface area contributed by atoms with Crippen LogP contribution >= 0.6 is 11.6 Å². The predicted molar refractivity (Wildman–Crippen MR) is 169 cm³/mol. The average Bonchev–Trinajstić information content (AvgIpc) is 3.74. The number of halogens is 2. The molecule has 14 heteroatoms. The van der Waals surface area contributed by atoms with E-state index in [4.69, 9.17) is 16.3 Å². The van der Waals surface area contributed by atoms with Gasteiger partial charge in [-0.1, -0.05) is 30.5 Å². The first-order chi connectivity index (χ1) is 21.5. The summed E-state index contributed by atoms with van der Waals surface area (Å²) in [6, 6.07) is 9.20. The Morgan fingerprint density at radius 2 is 1.87 bits per heavy atom. The first-order valence-electron chi connectivity index (χ1n) is 14.8. The summed E-state index contributed by atoms with van der Waals surface area (Å²) in [5.74, 6) is -0.596. The number of aromatic nitrogens is 2. The number of pyridine rings is 2. The van der Waals surface area contributed by atoms with E-state index >= 15 is 4.39 Å². The molecule has 0 spiro atoms. The van der Waals surface area contributed by atoms with Crippen molar-refractivity contribution < 1.29 is 27.1 Å². The molecule has 3 amide bonds. The van der Waals surface area contributed by atoms with Crippen LogP contribution in [0.3, 0.4) is 0 Å². The predicted octanol–water partition coefficient (Wildman–Crippen LogP) is 4.90. The van der Waals surface area contributed by atoms with Crippen molar-refractivity contribution in [3.63, 3.8) is 0 Å².